The highest BCUT2D eigenvalue weighted by atomic mass is 35.5. The molecule has 1 heterocycles. The molecule has 0 radical (unpaired) electrons. The van der Waals surface area contributed by atoms with Gasteiger partial charge in [-0.2, -0.15) is 4.37 Å². The van der Waals surface area contributed by atoms with E-state index >= 15 is 0 Å². The number of carbonyl (C=O) groups excluding carboxylic acids is 1. The van der Waals surface area contributed by atoms with Gasteiger partial charge < -0.3 is 5.73 Å². The van der Waals surface area contributed by atoms with Gasteiger partial charge in [-0.15, -0.1) is 12.4 Å². The maximum Gasteiger partial charge on any atom is 0.268 e. The fourth-order valence-electron chi connectivity index (χ4n) is 0.340. The normalized spacial score (nSPS) is 8.00. The zero-order chi connectivity index (χ0) is 5.98. The minimum atomic E-state index is -0.466. The summed E-state index contributed by atoms with van der Waals surface area (Å²) in [5.74, 6) is -0.466. The molecule has 0 aliphatic carbocycles. The fourth-order valence-corrected chi connectivity index (χ4v) is 0.855. The highest BCUT2D eigenvalue weighted by Gasteiger charge is 1.98. The molecule has 1 aromatic heterocycles. The maximum atomic E-state index is 10.2. The van der Waals surface area contributed by atoms with Crippen LogP contribution in [-0.4, -0.2) is 10.3 Å². The second-order valence-electron chi connectivity index (χ2n) is 1.25. The molecule has 1 rings (SSSR count). The average molecular weight is 165 g/mol. The van der Waals surface area contributed by atoms with Gasteiger partial charge in [0.05, 0.1) is 0 Å². The molecule has 0 atom stereocenters. The van der Waals surface area contributed by atoms with Crippen LogP contribution in [0.1, 0.15) is 10.5 Å². The van der Waals surface area contributed by atoms with Gasteiger partial charge in [-0.25, -0.2) is 0 Å². The monoisotopic (exact) mass is 164 g/mol. The van der Waals surface area contributed by atoms with Crippen LogP contribution in [0.4, 0.5) is 0 Å². The first kappa shape index (κ1) is 8.39. The number of aromatic nitrogens is 1. The summed E-state index contributed by atoms with van der Waals surface area (Å²) in [6.07, 6.45) is 0. The Morgan fingerprint density at radius 3 is 2.67 bits per heavy atom. The zero-order valence-corrected chi connectivity index (χ0v) is 6.04. The standard InChI is InChI=1S/C4H4N2OS.ClH/c5-4(7)3-1-2-8-6-3;/h1-2H,(H2,5,7);1H. The molecule has 9 heavy (non-hydrogen) atoms. The molecule has 50 valence electrons. The van der Waals surface area contributed by atoms with Crippen molar-refractivity contribution >= 4 is 29.8 Å². The van der Waals surface area contributed by atoms with Crippen LogP contribution in [0.3, 0.4) is 0 Å². The molecule has 1 amide bonds. The number of nitrogens with two attached hydrogens (primary N) is 1. The van der Waals surface area contributed by atoms with Gasteiger partial charge >= 0.3 is 0 Å². The van der Waals surface area contributed by atoms with Crippen molar-refractivity contribution in [3.05, 3.63) is 17.1 Å². The van der Waals surface area contributed by atoms with Gasteiger partial charge in [-0.3, -0.25) is 4.79 Å². The Labute approximate surface area is 62.5 Å². The van der Waals surface area contributed by atoms with E-state index in [0.717, 1.165) is 0 Å². The summed E-state index contributed by atoms with van der Waals surface area (Å²) in [5, 5.41) is 1.71. The minimum absolute atomic E-state index is 0. The lowest BCUT2D eigenvalue weighted by Gasteiger charge is -1.78. The minimum Gasteiger partial charge on any atom is -0.364 e. The molecule has 0 aromatic carbocycles. The highest BCUT2D eigenvalue weighted by molar-refractivity contribution is 7.03. The summed E-state index contributed by atoms with van der Waals surface area (Å²) in [4.78, 5) is 10.2. The average Bonchev–Trinajstić information content (AvgIpc) is 2.12. The molecule has 0 aliphatic rings. The smallest absolute Gasteiger partial charge is 0.268 e. The topological polar surface area (TPSA) is 56.0 Å². The summed E-state index contributed by atoms with van der Waals surface area (Å²) in [5.41, 5.74) is 5.21. The molecule has 3 nitrogen and oxygen atoms in total. The third-order valence-corrected chi connectivity index (χ3v) is 1.25. The van der Waals surface area contributed by atoms with Crippen molar-refractivity contribution in [1.29, 1.82) is 0 Å². The number of hydrogen-bond acceptors (Lipinski definition) is 3. The lowest BCUT2D eigenvalue weighted by atomic mass is 10.4. The Morgan fingerprint density at radius 1 is 1.78 bits per heavy atom. The molecule has 0 saturated heterocycles. The Morgan fingerprint density at radius 2 is 2.44 bits per heavy atom. The van der Waals surface area contributed by atoms with Crippen LogP contribution in [0.2, 0.25) is 0 Å². The van der Waals surface area contributed by atoms with Gasteiger partial charge in [-0.1, -0.05) is 0 Å². The molecule has 0 fully saturated rings. The zero-order valence-electron chi connectivity index (χ0n) is 4.40. The third kappa shape index (κ3) is 1.99. The lowest BCUT2D eigenvalue weighted by Crippen LogP contribution is -2.10. The summed E-state index contributed by atoms with van der Waals surface area (Å²) in [6, 6.07) is 1.59. The molecule has 0 aliphatic heterocycles. The van der Waals surface area contributed by atoms with Gasteiger partial charge in [0.1, 0.15) is 5.69 Å². The summed E-state index contributed by atoms with van der Waals surface area (Å²) in [6.45, 7) is 0. The van der Waals surface area contributed by atoms with E-state index in [1.54, 1.807) is 11.4 Å². The Balaban J connectivity index is 0.000000640. The van der Waals surface area contributed by atoms with Crippen LogP contribution in [0, 0.1) is 0 Å². The Hall–Kier alpha value is -0.610. The lowest BCUT2D eigenvalue weighted by molar-refractivity contribution is 0.0996. The molecule has 0 spiro atoms. The fraction of sp³-hybridized carbons (Fsp3) is 0. The molecule has 0 bridgehead atoms. The number of carbonyl (C=O) groups is 1. The first-order valence-electron chi connectivity index (χ1n) is 2.01. The molecule has 1 aromatic rings. The van der Waals surface area contributed by atoms with Crippen LogP contribution in [0.25, 0.3) is 0 Å². The van der Waals surface area contributed by atoms with E-state index in [1.165, 1.54) is 11.5 Å². The van der Waals surface area contributed by atoms with Crippen molar-refractivity contribution < 1.29 is 4.79 Å². The predicted molar refractivity (Wildman–Crippen MR) is 37.9 cm³/mol. The second kappa shape index (κ2) is 3.42. The van der Waals surface area contributed by atoms with E-state index in [4.69, 9.17) is 5.73 Å². The molecular weight excluding hydrogens is 160 g/mol. The highest BCUT2D eigenvalue weighted by Crippen LogP contribution is 1.96. The number of halogens is 1. The van der Waals surface area contributed by atoms with Gasteiger partial charge in [0.15, 0.2) is 0 Å². The van der Waals surface area contributed by atoms with Crippen molar-refractivity contribution in [1.82, 2.24) is 4.37 Å². The largest absolute Gasteiger partial charge is 0.364 e. The summed E-state index contributed by atoms with van der Waals surface area (Å²) in [7, 11) is 0. The number of rotatable bonds is 1. The van der Waals surface area contributed by atoms with Crippen LogP contribution >= 0.6 is 23.9 Å². The van der Waals surface area contributed by atoms with Crippen molar-refractivity contribution in [3.8, 4) is 0 Å². The van der Waals surface area contributed by atoms with Crippen molar-refractivity contribution in [2.75, 3.05) is 0 Å². The first-order valence-corrected chi connectivity index (χ1v) is 2.84. The Kier molecular flexibility index (Phi) is 3.19. The second-order valence-corrected chi connectivity index (χ2v) is 1.91. The molecular formula is C4H5ClN2OS. The van der Waals surface area contributed by atoms with Crippen LogP contribution in [-0.2, 0) is 0 Å². The molecule has 0 saturated carbocycles. The van der Waals surface area contributed by atoms with Gasteiger partial charge in [0, 0.05) is 5.38 Å². The number of primary amides is 1. The maximum absolute atomic E-state index is 10.2. The van der Waals surface area contributed by atoms with E-state index in [0.29, 0.717) is 5.69 Å². The van der Waals surface area contributed by atoms with E-state index in [2.05, 4.69) is 4.37 Å². The first-order chi connectivity index (χ1) is 3.80. The van der Waals surface area contributed by atoms with Crippen LogP contribution in [0.15, 0.2) is 11.4 Å². The quantitative estimate of drug-likeness (QED) is 0.663. The molecule has 5 heteroatoms. The number of hydrogen-bond donors (Lipinski definition) is 1. The van der Waals surface area contributed by atoms with E-state index in [-0.39, 0.29) is 12.4 Å². The van der Waals surface area contributed by atoms with E-state index in [1.807, 2.05) is 0 Å². The predicted octanol–water partition coefficient (Wildman–Crippen LogP) is 0.664. The van der Waals surface area contributed by atoms with Crippen LogP contribution < -0.4 is 5.73 Å². The SMILES string of the molecule is Cl.NC(=O)c1ccsn1. The van der Waals surface area contributed by atoms with E-state index < -0.39 is 5.91 Å². The van der Waals surface area contributed by atoms with E-state index in [9.17, 15) is 4.79 Å². The molecule has 2 N–H and O–H groups in total. The third-order valence-electron chi connectivity index (χ3n) is 0.690. The van der Waals surface area contributed by atoms with Gasteiger partial charge in [0.2, 0.25) is 0 Å². The summed E-state index contributed by atoms with van der Waals surface area (Å²) < 4.78 is 3.68. The van der Waals surface area contributed by atoms with Crippen molar-refractivity contribution in [2.45, 2.75) is 0 Å². The van der Waals surface area contributed by atoms with Crippen molar-refractivity contribution in [2.24, 2.45) is 5.73 Å². The van der Waals surface area contributed by atoms with Gasteiger partial charge in [0.25, 0.3) is 5.91 Å². The number of nitrogens with zero attached hydrogens (tertiary/aromatic N) is 1. The summed E-state index contributed by atoms with van der Waals surface area (Å²) >= 11 is 1.22. The van der Waals surface area contributed by atoms with Crippen molar-refractivity contribution in [3.63, 3.8) is 0 Å². The van der Waals surface area contributed by atoms with Gasteiger partial charge in [-0.05, 0) is 17.6 Å². The van der Waals surface area contributed by atoms with Crippen LogP contribution in [0.5, 0.6) is 0 Å². The number of amides is 1. The Bertz CT molecular complexity index is 186. The molecule has 0 unspecified atom stereocenters.